The number of carboxylic acid groups (broad SMARTS) is 1. The number of hydrogen-bond donors (Lipinski definition) is 3. The van der Waals surface area contributed by atoms with Crippen molar-refractivity contribution in [1.82, 2.24) is 5.32 Å². The maximum absolute atomic E-state index is 11.8. The predicted octanol–water partition coefficient (Wildman–Crippen LogP) is 0.873. The molecule has 2 rings (SSSR count). The monoisotopic (exact) mass is 254 g/mol. The van der Waals surface area contributed by atoms with E-state index in [1.807, 2.05) is 0 Å². The first kappa shape index (κ1) is 13.3. The Labute approximate surface area is 107 Å². The summed E-state index contributed by atoms with van der Waals surface area (Å²) in [5, 5.41) is 11.9. The second-order valence-electron chi connectivity index (χ2n) is 5.66. The van der Waals surface area contributed by atoms with Gasteiger partial charge < -0.3 is 16.2 Å². The van der Waals surface area contributed by atoms with Crippen LogP contribution in [0.4, 0.5) is 0 Å². The molecule has 0 aromatic heterocycles. The summed E-state index contributed by atoms with van der Waals surface area (Å²) in [5.74, 6) is -0.380. The summed E-state index contributed by atoms with van der Waals surface area (Å²) in [6.07, 6.45) is 5.56. The number of aliphatic carboxylic acids is 1. The van der Waals surface area contributed by atoms with Gasteiger partial charge in [0.15, 0.2) is 0 Å². The first-order chi connectivity index (χ1) is 8.56. The van der Waals surface area contributed by atoms with Crippen LogP contribution in [-0.2, 0) is 9.59 Å². The SMILES string of the molecule is NC(CC(=O)NC1CCC(C(=O)O)CC1)C1CC1. The molecule has 5 heteroatoms. The molecule has 1 amide bonds. The van der Waals surface area contributed by atoms with E-state index < -0.39 is 5.97 Å². The van der Waals surface area contributed by atoms with Gasteiger partial charge in [-0.1, -0.05) is 0 Å². The van der Waals surface area contributed by atoms with Gasteiger partial charge in [0.1, 0.15) is 0 Å². The van der Waals surface area contributed by atoms with E-state index in [2.05, 4.69) is 5.32 Å². The molecule has 2 saturated carbocycles. The van der Waals surface area contributed by atoms with Crippen LogP contribution in [0, 0.1) is 11.8 Å². The Hall–Kier alpha value is -1.10. The lowest BCUT2D eigenvalue weighted by Crippen LogP contribution is -2.41. The van der Waals surface area contributed by atoms with Crippen LogP contribution in [0.2, 0.25) is 0 Å². The highest BCUT2D eigenvalue weighted by Crippen LogP contribution is 2.32. The maximum atomic E-state index is 11.8. The Bertz CT molecular complexity index is 320. The number of rotatable bonds is 5. The first-order valence-electron chi connectivity index (χ1n) is 6.84. The van der Waals surface area contributed by atoms with Gasteiger partial charge in [0.05, 0.1) is 5.92 Å². The van der Waals surface area contributed by atoms with Gasteiger partial charge in [0, 0.05) is 18.5 Å². The van der Waals surface area contributed by atoms with Crippen molar-refractivity contribution in [3.63, 3.8) is 0 Å². The first-order valence-corrected chi connectivity index (χ1v) is 6.84. The van der Waals surface area contributed by atoms with Gasteiger partial charge in [-0.25, -0.2) is 0 Å². The molecule has 0 heterocycles. The van der Waals surface area contributed by atoms with Gasteiger partial charge in [0.25, 0.3) is 0 Å². The van der Waals surface area contributed by atoms with Crippen LogP contribution in [0.15, 0.2) is 0 Å². The van der Waals surface area contributed by atoms with Crippen LogP contribution in [0.25, 0.3) is 0 Å². The van der Waals surface area contributed by atoms with E-state index in [9.17, 15) is 9.59 Å². The molecule has 5 nitrogen and oxygen atoms in total. The lowest BCUT2D eigenvalue weighted by atomic mass is 9.86. The third kappa shape index (κ3) is 3.70. The van der Waals surface area contributed by atoms with Crippen molar-refractivity contribution in [2.45, 2.75) is 57.0 Å². The molecule has 1 unspecified atom stereocenters. The Balaban J connectivity index is 1.67. The zero-order chi connectivity index (χ0) is 13.1. The van der Waals surface area contributed by atoms with Gasteiger partial charge in [-0.15, -0.1) is 0 Å². The van der Waals surface area contributed by atoms with Crippen LogP contribution < -0.4 is 11.1 Å². The van der Waals surface area contributed by atoms with Crippen molar-refractivity contribution in [1.29, 1.82) is 0 Å². The predicted molar refractivity (Wildman–Crippen MR) is 66.8 cm³/mol. The van der Waals surface area contributed by atoms with Crippen molar-refractivity contribution in [3.8, 4) is 0 Å². The summed E-state index contributed by atoms with van der Waals surface area (Å²) in [6.45, 7) is 0. The molecule has 0 radical (unpaired) electrons. The molecule has 0 saturated heterocycles. The second kappa shape index (κ2) is 5.69. The van der Waals surface area contributed by atoms with Gasteiger partial charge in [-0.3, -0.25) is 9.59 Å². The summed E-state index contributed by atoms with van der Waals surface area (Å²) < 4.78 is 0. The van der Waals surface area contributed by atoms with Gasteiger partial charge >= 0.3 is 5.97 Å². The fraction of sp³-hybridized carbons (Fsp3) is 0.846. The minimum Gasteiger partial charge on any atom is -0.481 e. The van der Waals surface area contributed by atoms with Crippen LogP contribution in [0.1, 0.15) is 44.9 Å². The molecular formula is C13H22N2O3. The minimum absolute atomic E-state index is 0.000332. The number of hydrogen-bond acceptors (Lipinski definition) is 3. The van der Waals surface area contributed by atoms with Crippen molar-refractivity contribution in [2.24, 2.45) is 17.6 Å². The highest BCUT2D eigenvalue weighted by molar-refractivity contribution is 5.77. The molecule has 4 N–H and O–H groups in total. The zero-order valence-electron chi connectivity index (χ0n) is 10.6. The number of amides is 1. The maximum Gasteiger partial charge on any atom is 0.306 e. The van der Waals surface area contributed by atoms with E-state index in [4.69, 9.17) is 10.8 Å². The fourth-order valence-electron chi connectivity index (χ4n) is 2.68. The van der Waals surface area contributed by atoms with Gasteiger partial charge in [0.2, 0.25) is 5.91 Å². The fourth-order valence-corrected chi connectivity index (χ4v) is 2.68. The van der Waals surface area contributed by atoms with E-state index in [-0.39, 0.29) is 23.9 Å². The Morgan fingerprint density at radius 2 is 1.78 bits per heavy atom. The van der Waals surface area contributed by atoms with Crippen molar-refractivity contribution < 1.29 is 14.7 Å². The summed E-state index contributed by atoms with van der Waals surface area (Å²) in [4.78, 5) is 22.6. The lowest BCUT2D eigenvalue weighted by molar-refractivity contribution is -0.142. The smallest absolute Gasteiger partial charge is 0.306 e. The molecule has 0 aromatic rings. The van der Waals surface area contributed by atoms with E-state index in [1.54, 1.807) is 0 Å². The number of carbonyl (C=O) groups is 2. The molecule has 0 aromatic carbocycles. The Morgan fingerprint density at radius 3 is 2.28 bits per heavy atom. The zero-order valence-corrected chi connectivity index (χ0v) is 10.6. The third-order valence-corrected chi connectivity index (χ3v) is 4.09. The van der Waals surface area contributed by atoms with E-state index in [1.165, 1.54) is 0 Å². The van der Waals surface area contributed by atoms with Gasteiger partial charge in [-0.2, -0.15) is 0 Å². The van der Waals surface area contributed by atoms with Crippen LogP contribution in [0.3, 0.4) is 0 Å². The summed E-state index contributed by atoms with van der Waals surface area (Å²) >= 11 is 0. The van der Waals surface area contributed by atoms with Crippen LogP contribution in [-0.4, -0.2) is 29.1 Å². The molecule has 2 aliphatic rings. The van der Waals surface area contributed by atoms with Crippen molar-refractivity contribution in [3.05, 3.63) is 0 Å². The van der Waals surface area contributed by atoms with Crippen molar-refractivity contribution >= 4 is 11.9 Å². The Kier molecular flexibility index (Phi) is 4.22. The summed E-state index contributed by atoms with van der Waals surface area (Å²) in [5.41, 5.74) is 5.91. The summed E-state index contributed by atoms with van der Waals surface area (Å²) in [6, 6.07) is 0.139. The third-order valence-electron chi connectivity index (χ3n) is 4.09. The van der Waals surface area contributed by atoms with E-state index in [0.29, 0.717) is 25.2 Å². The molecular weight excluding hydrogens is 232 g/mol. The Morgan fingerprint density at radius 1 is 1.17 bits per heavy atom. The van der Waals surface area contributed by atoms with Gasteiger partial charge in [-0.05, 0) is 44.4 Å². The normalized spacial score (nSPS) is 29.6. The minimum atomic E-state index is -0.712. The largest absolute Gasteiger partial charge is 0.481 e. The number of carboxylic acids is 1. The van der Waals surface area contributed by atoms with E-state index >= 15 is 0 Å². The molecule has 18 heavy (non-hydrogen) atoms. The summed E-state index contributed by atoms with van der Waals surface area (Å²) in [7, 11) is 0. The molecule has 0 bridgehead atoms. The lowest BCUT2D eigenvalue weighted by Gasteiger charge is -2.27. The van der Waals surface area contributed by atoms with Crippen LogP contribution >= 0.6 is 0 Å². The molecule has 0 aliphatic heterocycles. The van der Waals surface area contributed by atoms with E-state index in [0.717, 1.165) is 25.7 Å². The standard InChI is InChI=1S/C13H22N2O3/c14-11(8-1-2-8)7-12(16)15-10-5-3-9(4-6-10)13(17)18/h8-11H,1-7,14H2,(H,15,16)(H,17,18). The quantitative estimate of drug-likeness (QED) is 0.679. The average Bonchev–Trinajstić information content (AvgIpc) is 3.13. The van der Waals surface area contributed by atoms with Crippen molar-refractivity contribution in [2.75, 3.05) is 0 Å². The average molecular weight is 254 g/mol. The number of nitrogens with two attached hydrogens (primary N) is 1. The molecule has 1 atom stereocenters. The second-order valence-corrected chi connectivity index (χ2v) is 5.66. The molecule has 0 spiro atoms. The molecule has 2 fully saturated rings. The number of nitrogens with one attached hydrogen (secondary N) is 1. The molecule has 102 valence electrons. The molecule has 2 aliphatic carbocycles. The van der Waals surface area contributed by atoms with Crippen LogP contribution in [0.5, 0.6) is 0 Å². The number of carbonyl (C=O) groups excluding carboxylic acids is 1. The topological polar surface area (TPSA) is 92.4 Å². The highest BCUT2D eigenvalue weighted by atomic mass is 16.4. The highest BCUT2D eigenvalue weighted by Gasteiger charge is 2.31.